The van der Waals surface area contributed by atoms with E-state index in [1.165, 1.54) is 11.1 Å². The summed E-state index contributed by atoms with van der Waals surface area (Å²) in [5.41, 5.74) is 3.38. The zero-order chi connectivity index (χ0) is 18.1. The van der Waals surface area contributed by atoms with E-state index in [1.54, 1.807) is 0 Å². The number of aromatic nitrogens is 3. The van der Waals surface area contributed by atoms with E-state index in [2.05, 4.69) is 33.7 Å². The Hall–Kier alpha value is -2.89. The van der Waals surface area contributed by atoms with E-state index >= 15 is 0 Å². The van der Waals surface area contributed by atoms with Gasteiger partial charge < -0.3 is 10.2 Å². The van der Waals surface area contributed by atoms with Gasteiger partial charge in [-0.3, -0.25) is 4.40 Å². The van der Waals surface area contributed by atoms with Gasteiger partial charge in [-0.15, -0.1) is 10.2 Å². The number of rotatable bonds is 3. The minimum absolute atomic E-state index is 0.0908. The van der Waals surface area contributed by atoms with Gasteiger partial charge in [0.05, 0.1) is 12.1 Å². The minimum Gasteiger partial charge on any atom is -0.328 e. The molecule has 1 aliphatic rings. The lowest BCUT2D eigenvalue weighted by molar-refractivity contribution is 0.180. The van der Waals surface area contributed by atoms with Crippen molar-refractivity contribution in [3.63, 3.8) is 0 Å². The van der Waals surface area contributed by atoms with Crippen molar-refractivity contribution in [1.29, 1.82) is 0 Å². The van der Waals surface area contributed by atoms with Gasteiger partial charge >= 0.3 is 6.03 Å². The Morgan fingerprint density at radius 3 is 2.92 bits per heavy atom. The van der Waals surface area contributed by atoms with Crippen LogP contribution in [0.2, 0.25) is 0 Å². The molecule has 2 atom stereocenters. The molecule has 0 unspecified atom stereocenters. The number of hydrogen-bond donors (Lipinski definition) is 1. The normalized spacial score (nSPS) is 17.5. The Balaban J connectivity index is 1.51. The smallest absolute Gasteiger partial charge is 0.318 e. The molecule has 1 aromatic carbocycles. The molecular formula is C20H23N5O. The van der Waals surface area contributed by atoms with Crippen LogP contribution in [-0.4, -0.2) is 32.6 Å². The fourth-order valence-electron chi connectivity index (χ4n) is 3.78. The molecule has 1 aliphatic carbocycles. The van der Waals surface area contributed by atoms with Gasteiger partial charge in [0, 0.05) is 13.2 Å². The SMILES string of the molecule is C[C@@H](NC(=O)N(C)[C@@H]1CCCc2ccccc21)c1nnc2ccccn12. The van der Waals surface area contributed by atoms with Gasteiger partial charge in [0.15, 0.2) is 11.5 Å². The number of pyridine rings is 1. The van der Waals surface area contributed by atoms with Crippen LogP contribution in [0.25, 0.3) is 5.65 Å². The van der Waals surface area contributed by atoms with Crippen LogP contribution in [0.3, 0.4) is 0 Å². The monoisotopic (exact) mass is 349 g/mol. The summed E-state index contributed by atoms with van der Waals surface area (Å²) in [7, 11) is 1.87. The van der Waals surface area contributed by atoms with Crippen molar-refractivity contribution < 1.29 is 4.79 Å². The number of hydrogen-bond acceptors (Lipinski definition) is 3. The van der Waals surface area contributed by atoms with Gasteiger partial charge in [-0.25, -0.2) is 4.79 Å². The number of fused-ring (bicyclic) bond motifs is 2. The third kappa shape index (κ3) is 2.92. The van der Waals surface area contributed by atoms with Crippen molar-refractivity contribution >= 4 is 11.7 Å². The van der Waals surface area contributed by atoms with E-state index in [-0.39, 0.29) is 18.1 Å². The summed E-state index contributed by atoms with van der Waals surface area (Å²) < 4.78 is 1.90. The number of benzene rings is 1. The summed E-state index contributed by atoms with van der Waals surface area (Å²) in [4.78, 5) is 14.7. The third-order valence-corrected chi connectivity index (χ3v) is 5.19. The van der Waals surface area contributed by atoms with Gasteiger partial charge in [0.1, 0.15) is 0 Å². The molecular weight excluding hydrogens is 326 g/mol. The lowest BCUT2D eigenvalue weighted by Gasteiger charge is -2.33. The molecule has 2 amide bonds. The highest BCUT2D eigenvalue weighted by atomic mass is 16.2. The Morgan fingerprint density at radius 2 is 2.04 bits per heavy atom. The molecule has 0 fully saturated rings. The van der Waals surface area contributed by atoms with Gasteiger partial charge in [-0.05, 0) is 49.4 Å². The largest absolute Gasteiger partial charge is 0.328 e. The summed E-state index contributed by atoms with van der Waals surface area (Å²) in [6.45, 7) is 1.93. The van der Waals surface area contributed by atoms with Gasteiger partial charge in [0.25, 0.3) is 0 Å². The number of nitrogens with zero attached hydrogens (tertiary/aromatic N) is 4. The Kier molecular flexibility index (Phi) is 4.32. The van der Waals surface area contributed by atoms with E-state index in [9.17, 15) is 4.79 Å². The minimum atomic E-state index is -0.235. The molecule has 0 radical (unpaired) electrons. The van der Waals surface area contributed by atoms with Crippen LogP contribution in [0.5, 0.6) is 0 Å². The van der Waals surface area contributed by atoms with E-state index in [0.717, 1.165) is 30.7 Å². The van der Waals surface area contributed by atoms with Crippen LogP contribution in [0.1, 0.15) is 48.8 Å². The highest BCUT2D eigenvalue weighted by Gasteiger charge is 2.27. The molecule has 6 nitrogen and oxygen atoms in total. The first-order valence-electron chi connectivity index (χ1n) is 9.06. The third-order valence-electron chi connectivity index (χ3n) is 5.19. The quantitative estimate of drug-likeness (QED) is 0.787. The molecule has 0 saturated carbocycles. The van der Waals surface area contributed by atoms with Crippen molar-refractivity contribution in [1.82, 2.24) is 24.8 Å². The Labute approximate surface area is 152 Å². The molecule has 0 saturated heterocycles. The number of amides is 2. The standard InChI is InChI=1S/C20H23N5O/c1-14(19-23-22-18-12-5-6-13-25(18)19)21-20(26)24(2)17-11-7-9-15-8-3-4-10-16(15)17/h3-6,8,10,12-14,17H,7,9,11H2,1-2H3,(H,21,26)/t14-,17-/m1/s1. The molecule has 0 spiro atoms. The maximum Gasteiger partial charge on any atom is 0.318 e. The summed E-state index contributed by atoms with van der Waals surface area (Å²) >= 11 is 0. The molecule has 3 aromatic rings. The molecule has 4 rings (SSSR count). The fraction of sp³-hybridized carbons (Fsp3) is 0.350. The number of nitrogens with one attached hydrogen (secondary N) is 1. The van der Waals surface area contributed by atoms with Crippen LogP contribution in [0.15, 0.2) is 48.7 Å². The van der Waals surface area contributed by atoms with Crippen LogP contribution in [0, 0.1) is 0 Å². The Bertz CT molecular complexity index is 935. The summed E-state index contributed by atoms with van der Waals surface area (Å²) in [5.74, 6) is 0.728. The van der Waals surface area contributed by atoms with E-state index < -0.39 is 0 Å². The van der Waals surface area contributed by atoms with E-state index in [0.29, 0.717) is 0 Å². The summed E-state index contributed by atoms with van der Waals surface area (Å²) in [5, 5.41) is 11.5. The van der Waals surface area contributed by atoms with Crippen molar-refractivity contribution in [2.75, 3.05) is 7.05 Å². The average molecular weight is 349 g/mol. The fourth-order valence-corrected chi connectivity index (χ4v) is 3.78. The van der Waals surface area contributed by atoms with Gasteiger partial charge in [-0.2, -0.15) is 0 Å². The van der Waals surface area contributed by atoms with Crippen molar-refractivity contribution in [3.05, 3.63) is 65.6 Å². The molecule has 2 heterocycles. The van der Waals surface area contributed by atoms with E-state index in [4.69, 9.17) is 0 Å². The van der Waals surface area contributed by atoms with E-state index in [1.807, 2.05) is 53.7 Å². The zero-order valence-corrected chi connectivity index (χ0v) is 15.1. The molecule has 2 aromatic heterocycles. The van der Waals surface area contributed by atoms with Crippen LogP contribution in [-0.2, 0) is 6.42 Å². The number of carbonyl (C=O) groups is 1. The maximum atomic E-state index is 12.9. The van der Waals surface area contributed by atoms with Crippen molar-refractivity contribution in [3.8, 4) is 0 Å². The van der Waals surface area contributed by atoms with Crippen molar-refractivity contribution in [2.45, 2.75) is 38.3 Å². The first-order valence-corrected chi connectivity index (χ1v) is 9.06. The molecule has 0 aliphatic heterocycles. The lowest BCUT2D eigenvalue weighted by Crippen LogP contribution is -2.42. The van der Waals surface area contributed by atoms with Gasteiger partial charge in [-0.1, -0.05) is 30.3 Å². The first kappa shape index (κ1) is 16.6. The summed E-state index contributed by atoms with van der Waals surface area (Å²) in [6, 6.07) is 14.0. The van der Waals surface area contributed by atoms with Crippen LogP contribution in [0.4, 0.5) is 4.79 Å². The number of carbonyl (C=O) groups excluding carboxylic acids is 1. The predicted octanol–water partition coefficient (Wildman–Crippen LogP) is 3.51. The topological polar surface area (TPSA) is 62.5 Å². The molecule has 134 valence electrons. The van der Waals surface area contributed by atoms with Gasteiger partial charge in [0.2, 0.25) is 0 Å². The average Bonchev–Trinajstić information content (AvgIpc) is 3.11. The lowest BCUT2D eigenvalue weighted by atomic mass is 9.87. The molecule has 6 heteroatoms. The second kappa shape index (κ2) is 6.78. The number of aryl methyl sites for hydroxylation is 1. The second-order valence-corrected chi connectivity index (χ2v) is 6.88. The van der Waals surface area contributed by atoms with Crippen molar-refractivity contribution in [2.24, 2.45) is 0 Å². The Morgan fingerprint density at radius 1 is 1.23 bits per heavy atom. The highest BCUT2D eigenvalue weighted by Crippen LogP contribution is 2.33. The summed E-state index contributed by atoms with van der Waals surface area (Å²) in [6.07, 6.45) is 5.09. The highest BCUT2D eigenvalue weighted by molar-refractivity contribution is 5.75. The predicted molar refractivity (Wildman–Crippen MR) is 99.8 cm³/mol. The first-order chi connectivity index (χ1) is 12.6. The van der Waals surface area contributed by atoms with Crippen LogP contribution < -0.4 is 5.32 Å². The molecule has 1 N–H and O–H groups in total. The molecule has 26 heavy (non-hydrogen) atoms. The second-order valence-electron chi connectivity index (χ2n) is 6.88. The van der Waals surface area contributed by atoms with Crippen LogP contribution >= 0.6 is 0 Å². The zero-order valence-electron chi connectivity index (χ0n) is 15.1. The maximum absolute atomic E-state index is 12.9. The number of urea groups is 1. The molecule has 0 bridgehead atoms.